The van der Waals surface area contributed by atoms with Gasteiger partial charge in [0.25, 0.3) is 0 Å². The van der Waals surface area contributed by atoms with E-state index in [1.165, 1.54) is 4.31 Å². The van der Waals surface area contributed by atoms with Gasteiger partial charge in [0.15, 0.2) is 0 Å². The number of carbonyl (C=O) groups is 1. The lowest BCUT2D eigenvalue weighted by molar-refractivity contribution is -0.122. The van der Waals surface area contributed by atoms with Crippen molar-refractivity contribution < 1.29 is 13.2 Å². The van der Waals surface area contributed by atoms with Gasteiger partial charge in [-0.05, 0) is 25.5 Å². The van der Waals surface area contributed by atoms with Gasteiger partial charge in [-0.25, -0.2) is 8.42 Å². The average Bonchev–Trinajstić information content (AvgIpc) is 2.38. The van der Waals surface area contributed by atoms with E-state index in [0.717, 1.165) is 5.56 Å². The number of hydrogen-bond donors (Lipinski definition) is 2. The second-order valence-electron chi connectivity index (χ2n) is 5.01. The molecule has 1 fully saturated rings. The van der Waals surface area contributed by atoms with E-state index < -0.39 is 22.0 Å². The van der Waals surface area contributed by atoms with Crippen molar-refractivity contribution in [3.8, 4) is 0 Å². The van der Waals surface area contributed by atoms with Crippen LogP contribution in [0.3, 0.4) is 0 Å². The van der Waals surface area contributed by atoms with Gasteiger partial charge in [-0.15, -0.1) is 0 Å². The molecule has 0 bridgehead atoms. The highest BCUT2D eigenvalue weighted by Gasteiger charge is 2.37. The van der Waals surface area contributed by atoms with Crippen LogP contribution in [0.2, 0.25) is 0 Å². The first-order valence-corrected chi connectivity index (χ1v) is 7.87. The lowest BCUT2D eigenvalue weighted by Crippen LogP contribution is -2.58. The fraction of sp³-hybridized carbons (Fsp3) is 0.462. The first-order chi connectivity index (χ1) is 9.34. The first-order valence-electron chi connectivity index (χ1n) is 6.43. The molecule has 1 heterocycles. The molecule has 0 aromatic heterocycles. The molecule has 1 atom stereocenters. The van der Waals surface area contributed by atoms with Crippen LogP contribution in [0.4, 0.5) is 0 Å². The summed E-state index contributed by atoms with van der Waals surface area (Å²) in [6.45, 7) is 4.65. The summed E-state index contributed by atoms with van der Waals surface area (Å²) in [4.78, 5) is 11.7. The van der Waals surface area contributed by atoms with Gasteiger partial charge in [0, 0.05) is 19.6 Å². The molecule has 1 amide bonds. The number of benzene rings is 1. The highest BCUT2D eigenvalue weighted by Crippen LogP contribution is 2.23. The number of carbonyl (C=O) groups excluding carboxylic acids is 1. The minimum Gasteiger partial charge on any atom is -0.368 e. The molecule has 1 saturated heterocycles. The molecule has 1 unspecified atom stereocenters. The predicted octanol–water partition coefficient (Wildman–Crippen LogP) is -0.249. The van der Waals surface area contributed by atoms with Gasteiger partial charge in [-0.1, -0.05) is 17.7 Å². The van der Waals surface area contributed by atoms with Crippen molar-refractivity contribution in [2.24, 2.45) is 5.73 Å². The highest BCUT2D eigenvalue weighted by molar-refractivity contribution is 7.89. The fourth-order valence-corrected chi connectivity index (χ4v) is 4.23. The normalized spacial score (nSPS) is 20.8. The zero-order valence-electron chi connectivity index (χ0n) is 11.6. The molecule has 1 aliphatic rings. The minimum atomic E-state index is -3.71. The summed E-state index contributed by atoms with van der Waals surface area (Å²) in [6, 6.07) is 4.31. The molecule has 1 aromatic rings. The Morgan fingerprint density at radius 2 is 2.10 bits per heavy atom. The summed E-state index contributed by atoms with van der Waals surface area (Å²) in [7, 11) is -3.71. The number of aryl methyl sites for hydroxylation is 2. The zero-order chi connectivity index (χ0) is 14.9. The first kappa shape index (κ1) is 15.0. The average molecular weight is 297 g/mol. The zero-order valence-corrected chi connectivity index (χ0v) is 12.4. The number of nitrogens with two attached hydrogens (primary N) is 1. The van der Waals surface area contributed by atoms with E-state index in [1.54, 1.807) is 19.1 Å². The van der Waals surface area contributed by atoms with Crippen molar-refractivity contribution >= 4 is 15.9 Å². The number of primary amides is 1. The van der Waals surface area contributed by atoms with Gasteiger partial charge < -0.3 is 11.1 Å². The largest absolute Gasteiger partial charge is 0.368 e. The SMILES string of the molecule is Cc1ccc(S(=O)(=O)N2CCNCC2C(N)=O)c(C)c1. The molecular weight excluding hydrogens is 278 g/mol. The van der Waals surface area contributed by atoms with Gasteiger partial charge in [0.05, 0.1) is 4.90 Å². The van der Waals surface area contributed by atoms with E-state index in [9.17, 15) is 13.2 Å². The van der Waals surface area contributed by atoms with Crippen LogP contribution in [0, 0.1) is 13.8 Å². The summed E-state index contributed by atoms with van der Waals surface area (Å²) < 4.78 is 26.6. The van der Waals surface area contributed by atoms with Crippen molar-refractivity contribution in [2.45, 2.75) is 24.8 Å². The molecule has 7 heteroatoms. The van der Waals surface area contributed by atoms with Crippen LogP contribution in [-0.4, -0.2) is 44.3 Å². The number of amides is 1. The number of hydrogen-bond acceptors (Lipinski definition) is 4. The molecule has 110 valence electrons. The summed E-state index contributed by atoms with van der Waals surface area (Å²) >= 11 is 0. The Kier molecular flexibility index (Phi) is 4.12. The maximum Gasteiger partial charge on any atom is 0.244 e. The van der Waals surface area contributed by atoms with E-state index in [0.29, 0.717) is 12.1 Å². The van der Waals surface area contributed by atoms with Gasteiger partial charge in [0.1, 0.15) is 6.04 Å². The van der Waals surface area contributed by atoms with Crippen LogP contribution in [-0.2, 0) is 14.8 Å². The number of nitrogens with one attached hydrogen (secondary N) is 1. The van der Waals surface area contributed by atoms with Crippen LogP contribution < -0.4 is 11.1 Å². The summed E-state index contributed by atoms with van der Waals surface area (Å²) in [5.74, 6) is -0.634. The molecule has 0 radical (unpaired) electrons. The predicted molar refractivity (Wildman–Crippen MR) is 75.7 cm³/mol. The highest BCUT2D eigenvalue weighted by atomic mass is 32.2. The van der Waals surface area contributed by atoms with Crippen LogP contribution in [0.15, 0.2) is 23.1 Å². The van der Waals surface area contributed by atoms with E-state index in [4.69, 9.17) is 5.73 Å². The molecule has 0 saturated carbocycles. The van der Waals surface area contributed by atoms with Crippen molar-refractivity contribution in [2.75, 3.05) is 19.6 Å². The Bertz CT molecular complexity index is 628. The fourth-order valence-electron chi connectivity index (χ4n) is 2.43. The Balaban J connectivity index is 2.45. The van der Waals surface area contributed by atoms with Crippen LogP contribution in [0.5, 0.6) is 0 Å². The number of nitrogens with zero attached hydrogens (tertiary/aromatic N) is 1. The van der Waals surface area contributed by atoms with Gasteiger partial charge in [0.2, 0.25) is 15.9 Å². The molecule has 0 aliphatic carbocycles. The lowest BCUT2D eigenvalue weighted by atomic mass is 10.2. The second kappa shape index (κ2) is 5.51. The van der Waals surface area contributed by atoms with E-state index in [-0.39, 0.29) is 18.0 Å². The Hall–Kier alpha value is -1.44. The third-order valence-electron chi connectivity index (χ3n) is 3.44. The summed E-state index contributed by atoms with van der Waals surface area (Å²) in [6.07, 6.45) is 0. The Labute approximate surface area is 119 Å². The van der Waals surface area contributed by atoms with E-state index in [2.05, 4.69) is 5.32 Å². The topological polar surface area (TPSA) is 92.5 Å². The molecule has 0 spiro atoms. The molecule has 20 heavy (non-hydrogen) atoms. The number of piperazine rings is 1. The van der Waals surface area contributed by atoms with Gasteiger partial charge in [-0.3, -0.25) is 4.79 Å². The molecule has 1 aromatic carbocycles. The van der Waals surface area contributed by atoms with Crippen molar-refractivity contribution in [3.05, 3.63) is 29.3 Å². The second-order valence-corrected chi connectivity index (χ2v) is 6.87. The standard InChI is InChI=1S/C13H19N3O3S/c1-9-3-4-12(10(2)7-9)20(18,19)16-6-5-15-8-11(16)13(14)17/h3-4,7,11,15H,5-6,8H2,1-2H3,(H2,14,17). The maximum absolute atomic E-state index is 12.7. The van der Waals surface area contributed by atoms with Crippen molar-refractivity contribution in [3.63, 3.8) is 0 Å². The van der Waals surface area contributed by atoms with Crippen molar-refractivity contribution in [1.29, 1.82) is 0 Å². The molecule has 2 rings (SSSR count). The third kappa shape index (κ3) is 2.70. The van der Waals surface area contributed by atoms with Crippen LogP contribution in [0.1, 0.15) is 11.1 Å². The molecule has 3 N–H and O–H groups in total. The number of sulfonamides is 1. The molecule has 1 aliphatic heterocycles. The van der Waals surface area contributed by atoms with Crippen LogP contribution >= 0.6 is 0 Å². The molecular formula is C13H19N3O3S. The third-order valence-corrected chi connectivity index (χ3v) is 5.51. The van der Waals surface area contributed by atoms with Gasteiger partial charge in [-0.2, -0.15) is 4.31 Å². The van der Waals surface area contributed by atoms with E-state index >= 15 is 0 Å². The summed E-state index contributed by atoms with van der Waals surface area (Å²) in [5, 5.41) is 2.99. The Morgan fingerprint density at radius 3 is 2.70 bits per heavy atom. The molecule has 6 nitrogen and oxygen atoms in total. The monoisotopic (exact) mass is 297 g/mol. The minimum absolute atomic E-state index is 0.233. The quantitative estimate of drug-likeness (QED) is 0.805. The smallest absolute Gasteiger partial charge is 0.244 e. The maximum atomic E-state index is 12.7. The van der Waals surface area contributed by atoms with Crippen molar-refractivity contribution in [1.82, 2.24) is 9.62 Å². The summed E-state index contributed by atoms with van der Waals surface area (Å²) in [5.41, 5.74) is 6.98. The van der Waals surface area contributed by atoms with Gasteiger partial charge >= 0.3 is 0 Å². The lowest BCUT2D eigenvalue weighted by Gasteiger charge is -2.33. The number of rotatable bonds is 3. The van der Waals surface area contributed by atoms with E-state index in [1.807, 2.05) is 13.0 Å². The Morgan fingerprint density at radius 1 is 1.40 bits per heavy atom. The van der Waals surface area contributed by atoms with Crippen LogP contribution in [0.25, 0.3) is 0 Å².